The van der Waals surface area contributed by atoms with Crippen LogP contribution in [0.4, 0.5) is 11.5 Å². The molecule has 2 aromatic carbocycles. The number of benzene rings is 2. The van der Waals surface area contributed by atoms with Crippen LogP contribution < -0.4 is 21.5 Å². The van der Waals surface area contributed by atoms with Gasteiger partial charge < -0.3 is 21.5 Å². The first-order valence-electron chi connectivity index (χ1n) is 7.96. The lowest BCUT2D eigenvalue weighted by molar-refractivity contribution is 0.0997. The van der Waals surface area contributed by atoms with E-state index in [1.807, 2.05) is 0 Å². The van der Waals surface area contributed by atoms with Crippen LogP contribution in [-0.4, -0.2) is 28.9 Å². The molecule has 136 valence electrons. The molecule has 3 aromatic rings. The summed E-state index contributed by atoms with van der Waals surface area (Å²) >= 11 is 0. The third-order valence-corrected chi connectivity index (χ3v) is 3.81. The van der Waals surface area contributed by atoms with Crippen molar-refractivity contribution in [1.82, 2.24) is 9.97 Å². The molecule has 0 fully saturated rings. The van der Waals surface area contributed by atoms with Gasteiger partial charge in [-0.15, -0.1) is 0 Å². The van der Waals surface area contributed by atoms with Crippen LogP contribution in [0, 0.1) is 0 Å². The largest absolute Gasteiger partial charge is 0.495 e. The van der Waals surface area contributed by atoms with E-state index < -0.39 is 11.8 Å². The maximum absolute atomic E-state index is 12.6. The summed E-state index contributed by atoms with van der Waals surface area (Å²) < 4.78 is 5.22. The third kappa shape index (κ3) is 3.84. The molecule has 0 aliphatic carbocycles. The Balaban J connectivity index is 1.95. The Morgan fingerprint density at radius 3 is 2.63 bits per heavy atom. The summed E-state index contributed by atoms with van der Waals surface area (Å²) in [4.78, 5) is 32.4. The second-order valence-corrected chi connectivity index (χ2v) is 5.59. The predicted molar refractivity (Wildman–Crippen MR) is 101 cm³/mol. The zero-order chi connectivity index (χ0) is 19.4. The standard InChI is InChI=1S/C19H17N5O3/c1-27-15-8-3-2-7-13(15)24-19(26)16-17(20)22-10-14(23-16)11-5-4-6-12(9-11)18(21)25/h2-10H,1H3,(H2,20,22)(H2,21,25)(H,24,26). The molecule has 0 spiro atoms. The molecule has 8 nitrogen and oxygen atoms in total. The monoisotopic (exact) mass is 363 g/mol. The smallest absolute Gasteiger partial charge is 0.278 e. The van der Waals surface area contributed by atoms with E-state index in [0.29, 0.717) is 28.3 Å². The summed E-state index contributed by atoms with van der Waals surface area (Å²) in [5.74, 6) is -0.605. The number of primary amides is 1. The average Bonchev–Trinajstić information content (AvgIpc) is 2.68. The first-order valence-corrected chi connectivity index (χ1v) is 7.96. The van der Waals surface area contributed by atoms with Crippen LogP contribution in [0.1, 0.15) is 20.8 Å². The molecule has 0 saturated heterocycles. The van der Waals surface area contributed by atoms with Gasteiger partial charge in [0.2, 0.25) is 5.91 Å². The van der Waals surface area contributed by atoms with Gasteiger partial charge in [-0.3, -0.25) is 9.59 Å². The van der Waals surface area contributed by atoms with Crippen molar-refractivity contribution >= 4 is 23.3 Å². The summed E-state index contributed by atoms with van der Waals surface area (Å²) in [6.07, 6.45) is 1.43. The van der Waals surface area contributed by atoms with Gasteiger partial charge in [-0.05, 0) is 24.3 Å². The van der Waals surface area contributed by atoms with Crippen LogP contribution in [0.2, 0.25) is 0 Å². The fourth-order valence-corrected chi connectivity index (χ4v) is 2.47. The predicted octanol–water partition coefficient (Wildman–Crippen LogP) is 2.09. The highest BCUT2D eigenvalue weighted by Gasteiger charge is 2.17. The number of rotatable bonds is 5. The highest BCUT2D eigenvalue weighted by molar-refractivity contribution is 6.06. The second-order valence-electron chi connectivity index (χ2n) is 5.59. The number of amides is 2. The fraction of sp³-hybridized carbons (Fsp3) is 0.0526. The van der Waals surface area contributed by atoms with E-state index in [1.165, 1.54) is 13.3 Å². The van der Waals surface area contributed by atoms with Gasteiger partial charge in [0.15, 0.2) is 11.5 Å². The minimum absolute atomic E-state index is 0.0165. The number of anilines is 2. The minimum atomic E-state index is -0.561. The number of para-hydroxylation sites is 2. The van der Waals surface area contributed by atoms with Gasteiger partial charge in [0.05, 0.1) is 24.7 Å². The Morgan fingerprint density at radius 1 is 1.11 bits per heavy atom. The van der Waals surface area contributed by atoms with Crippen LogP contribution >= 0.6 is 0 Å². The molecule has 0 radical (unpaired) electrons. The van der Waals surface area contributed by atoms with Crippen LogP contribution in [-0.2, 0) is 0 Å². The molecule has 3 rings (SSSR count). The zero-order valence-corrected chi connectivity index (χ0v) is 14.5. The molecular weight excluding hydrogens is 346 g/mol. The number of hydrogen-bond acceptors (Lipinski definition) is 6. The molecule has 0 aliphatic rings. The van der Waals surface area contributed by atoms with E-state index in [-0.39, 0.29) is 11.5 Å². The molecule has 0 bridgehead atoms. The van der Waals surface area contributed by atoms with Gasteiger partial charge in [-0.25, -0.2) is 9.97 Å². The molecule has 1 aromatic heterocycles. The second kappa shape index (κ2) is 7.52. The maximum Gasteiger partial charge on any atom is 0.278 e. The van der Waals surface area contributed by atoms with Gasteiger partial charge >= 0.3 is 0 Å². The van der Waals surface area contributed by atoms with Crippen molar-refractivity contribution in [2.75, 3.05) is 18.2 Å². The summed E-state index contributed by atoms with van der Waals surface area (Å²) in [6, 6.07) is 13.5. The number of ether oxygens (including phenoxy) is 1. The number of aromatic nitrogens is 2. The van der Waals surface area contributed by atoms with Crippen molar-refractivity contribution in [2.24, 2.45) is 5.73 Å². The SMILES string of the molecule is COc1ccccc1NC(=O)c1nc(-c2cccc(C(N)=O)c2)cnc1N. The van der Waals surface area contributed by atoms with Crippen molar-refractivity contribution < 1.29 is 14.3 Å². The Bertz CT molecular complexity index is 1020. The molecule has 8 heteroatoms. The summed E-state index contributed by atoms with van der Waals surface area (Å²) in [5, 5.41) is 2.71. The number of hydrogen-bond donors (Lipinski definition) is 3. The Hall–Kier alpha value is -3.94. The lowest BCUT2D eigenvalue weighted by Gasteiger charge is -2.11. The number of nitrogens with one attached hydrogen (secondary N) is 1. The summed E-state index contributed by atoms with van der Waals surface area (Å²) in [5.41, 5.74) is 12.9. The van der Waals surface area contributed by atoms with Crippen LogP contribution in [0.25, 0.3) is 11.3 Å². The average molecular weight is 363 g/mol. The van der Waals surface area contributed by atoms with Gasteiger partial charge in [0.25, 0.3) is 5.91 Å². The first-order chi connectivity index (χ1) is 13.0. The van der Waals surface area contributed by atoms with Crippen LogP contribution in [0.5, 0.6) is 5.75 Å². The van der Waals surface area contributed by atoms with E-state index in [4.69, 9.17) is 16.2 Å². The Kier molecular flexibility index (Phi) is 4.98. The molecule has 0 atom stereocenters. The molecular formula is C19H17N5O3. The lowest BCUT2D eigenvalue weighted by Crippen LogP contribution is -2.17. The quantitative estimate of drug-likeness (QED) is 0.635. The Morgan fingerprint density at radius 2 is 1.89 bits per heavy atom. The molecule has 0 aliphatic heterocycles. The summed E-state index contributed by atoms with van der Waals surface area (Å²) in [7, 11) is 1.51. The number of methoxy groups -OCH3 is 1. The van der Waals surface area contributed by atoms with Gasteiger partial charge in [0.1, 0.15) is 5.75 Å². The van der Waals surface area contributed by atoms with E-state index >= 15 is 0 Å². The third-order valence-electron chi connectivity index (χ3n) is 3.81. The molecule has 2 amide bonds. The van der Waals surface area contributed by atoms with Gasteiger partial charge in [-0.1, -0.05) is 24.3 Å². The Labute approximate surface area is 155 Å². The fourth-order valence-electron chi connectivity index (χ4n) is 2.47. The van der Waals surface area contributed by atoms with E-state index in [0.717, 1.165) is 0 Å². The molecule has 0 unspecified atom stereocenters. The highest BCUT2D eigenvalue weighted by Crippen LogP contribution is 2.25. The van der Waals surface area contributed by atoms with E-state index in [2.05, 4.69) is 15.3 Å². The van der Waals surface area contributed by atoms with Crippen LogP contribution in [0.15, 0.2) is 54.7 Å². The van der Waals surface area contributed by atoms with E-state index in [9.17, 15) is 9.59 Å². The molecule has 27 heavy (non-hydrogen) atoms. The minimum Gasteiger partial charge on any atom is -0.495 e. The first kappa shape index (κ1) is 17.9. The van der Waals surface area contributed by atoms with Gasteiger partial charge in [-0.2, -0.15) is 0 Å². The number of nitrogens with two attached hydrogens (primary N) is 2. The topological polar surface area (TPSA) is 133 Å². The normalized spacial score (nSPS) is 10.3. The number of nitrogen functional groups attached to an aromatic ring is 1. The van der Waals surface area contributed by atoms with Crippen molar-refractivity contribution in [3.63, 3.8) is 0 Å². The van der Waals surface area contributed by atoms with Gasteiger partial charge in [0, 0.05) is 11.1 Å². The van der Waals surface area contributed by atoms with Crippen molar-refractivity contribution in [3.05, 3.63) is 66.0 Å². The summed E-state index contributed by atoms with van der Waals surface area (Å²) in [6.45, 7) is 0. The highest BCUT2D eigenvalue weighted by atomic mass is 16.5. The molecule has 5 N–H and O–H groups in total. The van der Waals surface area contributed by atoms with E-state index in [1.54, 1.807) is 48.5 Å². The molecule has 0 saturated carbocycles. The van der Waals surface area contributed by atoms with Crippen molar-refractivity contribution in [3.8, 4) is 17.0 Å². The lowest BCUT2D eigenvalue weighted by atomic mass is 10.1. The number of nitrogens with zero attached hydrogens (tertiary/aromatic N) is 2. The van der Waals surface area contributed by atoms with Crippen LogP contribution in [0.3, 0.4) is 0 Å². The number of carbonyl (C=O) groups is 2. The van der Waals surface area contributed by atoms with Crippen molar-refractivity contribution in [2.45, 2.75) is 0 Å². The number of carbonyl (C=O) groups excluding carboxylic acids is 2. The molecule has 1 heterocycles. The zero-order valence-electron chi connectivity index (χ0n) is 14.5. The van der Waals surface area contributed by atoms with Crippen molar-refractivity contribution in [1.29, 1.82) is 0 Å². The maximum atomic E-state index is 12.6.